The van der Waals surface area contributed by atoms with Crippen molar-refractivity contribution in [3.8, 4) is 11.5 Å². The van der Waals surface area contributed by atoms with Crippen molar-refractivity contribution in [1.29, 1.82) is 0 Å². The Morgan fingerprint density at radius 1 is 1.17 bits per heavy atom. The van der Waals surface area contributed by atoms with Crippen LogP contribution in [0, 0.1) is 13.8 Å². The number of rotatable bonds is 7. The smallest absolute Gasteiger partial charge is 0.244 e. The lowest BCUT2D eigenvalue weighted by molar-refractivity contribution is 0.354. The van der Waals surface area contributed by atoms with Crippen LogP contribution < -0.4 is 14.2 Å². The fraction of sp³-hybridized carbons (Fsp3) is 0.400. The third-order valence-corrected chi connectivity index (χ3v) is 5.21. The highest BCUT2D eigenvalue weighted by Gasteiger charge is 2.21. The van der Waals surface area contributed by atoms with E-state index in [4.69, 9.17) is 9.47 Å². The van der Waals surface area contributed by atoms with Gasteiger partial charge < -0.3 is 9.47 Å². The van der Waals surface area contributed by atoms with Crippen LogP contribution in [0.5, 0.6) is 11.5 Å². The molecule has 0 amide bonds. The Morgan fingerprint density at radius 3 is 2.43 bits per heavy atom. The number of nitrogens with zero attached hydrogens (tertiary/aromatic N) is 1. The minimum Gasteiger partial charge on any atom is -0.493 e. The summed E-state index contributed by atoms with van der Waals surface area (Å²) in [6, 6.07) is 5.51. The van der Waals surface area contributed by atoms with E-state index in [-0.39, 0.29) is 11.4 Å². The van der Waals surface area contributed by atoms with Crippen molar-refractivity contribution in [1.82, 2.24) is 14.9 Å². The summed E-state index contributed by atoms with van der Waals surface area (Å²) in [6.45, 7) is 3.62. The van der Waals surface area contributed by atoms with Crippen LogP contribution in [0.2, 0.25) is 0 Å². The SMILES string of the molecule is COc1ccc(CCNS(=O)(=O)c2c(C)n[nH]c2C)cc1OC. The molecule has 23 heavy (non-hydrogen) atoms. The zero-order valence-corrected chi connectivity index (χ0v) is 14.5. The molecule has 2 rings (SSSR count). The van der Waals surface area contributed by atoms with Gasteiger partial charge in [-0.05, 0) is 38.0 Å². The van der Waals surface area contributed by atoms with Crippen molar-refractivity contribution < 1.29 is 17.9 Å². The molecule has 7 nitrogen and oxygen atoms in total. The quantitative estimate of drug-likeness (QED) is 0.798. The Bertz CT molecular complexity index is 765. The molecule has 1 aromatic carbocycles. The third kappa shape index (κ3) is 3.83. The zero-order chi connectivity index (χ0) is 17.0. The third-order valence-electron chi connectivity index (χ3n) is 3.48. The van der Waals surface area contributed by atoms with E-state index in [9.17, 15) is 8.42 Å². The summed E-state index contributed by atoms with van der Waals surface area (Å²) in [5.41, 5.74) is 1.94. The highest BCUT2D eigenvalue weighted by Crippen LogP contribution is 2.27. The fourth-order valence-electron chi connectivity index (χ4n) is 2.37. The maximum Gasteiger partial charge on any atom is 0.244 e. The van der Waals surface area contributed by atoms with Gasteiger partial charge >= 0.3 is 0 Å². The van der Waals surface area contributed by atoms with Crippen LogP contribution in [0.1, 0.15) is 17.0 Å². The molecule has 1 heterocycles. The Morgan fingerprint density at radius 2 is 1.87 bits per heavy atom. The standard InChI is InChI=1S/C15H21N3O4S/c1-10-15(11(2)18-17-10)23(19,20)16-8-7-12-5-6-13(21-3)14(9-12)22-4/h5-6,9,16H,7-8H2,1-4H3,(H,17,18). The van der Waals surface area contributed by atoms with Crippen LogP contribution in [0.25, 0.3) is 0 Å². The van der Waals surface area contributed by atoms with Gasteiger partial charge in [0.05, 0.1) is 25.6 Å². The highest BCUT2D eigenvalue weighted by molar-refractivity contribution is 7.89. The largest absolute Gasteiger partial charge is 0.493 e. The first kappa shape index (κ1) is 17.3. The van der Waals surface area contributed by atoms with Crippen molar-refractivity contribution in [2.24, 2.45) is 0 Å². The van der Waals surface area contributed by atoms with Gasteiger partial charge in [-0.15, -0.1) is 0 Å². The molecule has 8 heteroatoms. The molecule has 1 aromatic heterocycles. The van der Waals surface area contributed by atoms with Crippen LogP contribution in [0.15, 0.2) is 23.1 Å². The van der Waals surface area contributed by atoms with Crippen molar-refractivity contribution in [3.63, 3.8) is 0 Å². The van der Waals surface area contributed by atoms with Crippen LogP contribution in [0.3, 0.4) is 0 Å². The number of benzene rings is 1. The summed E-state index contributed by atoms with van der Waals surface area (Å²) < 4.78 is 37.7. The van der Waals surface area contributed by atoms with Gasteiger partial charge in [0, 0.05) is 6.54 Å². The average molecular weight is 339 g/mol. The van der Waals surface area contributed by atoms with Gasteiger partial charge in [0.2, 0.25) is 10.0 Å². The monoisotopic (exact) mass is 339 g/mol. The van der Waals surface area contributed by atoms with E-state index in [1.54, 1.807) is 34.1 Å². The summed E-state index contributed by atoms with van der Waals surface area (Å²) >= 11 is 0. The van der Waals surface area contributed by atoms with Crippen LogP contribution >= 0.6 is 0 Å². The summed E-state index contributed by atoms with van der Waals surface area (Å²) in [5.74, 6) is 1.26. The molecule has 0 saturated heterocycles. The van der Waals surface area contributed by atoms with E-state index in [2.05, 4.69) is 14.9 Å². The second kappa shape index (κ2) is 7.01. The number of hydrogen-bond donors (Lipinski definition) is 2. The maximum atomic E-state index is 12.3. The van der Waals surface area contributed by atoms with Gasteiger partial charge in [-0.3, -0.25) is 5.10 Å². The van der Waals surface area contributed by atoms with Gasteiger partial charge in [-0.1, -0.05) is 6.07 Å². The maximum absolute atomic E-state index is 12.3. The van der Waals surface area contributed by atoms with E-state index < -0.39 is 10.0 Å². The molecule has 0 unspecified atom stereocenters. The molecule has 0 aliphatic heterocycles. The molecular weight excluding hydrogens is 318 g/mol. The van der Waals surface area contributed by atoms with Gasteiger partial charge in [0.1, 0.15) is 4.90 Å². The molecule has 0 saturated carbocycles. The lowest BCUT2D eigenvalue weighted by atomic mass is 10.1. The summed E-state index contributed by atoms with van der Waals surface area (Å²) in [7, 11) is -0.442. The Hall–Kier alpha value is -2.06. The molecule has 2 N–H and O–H groups in total. The van der Waals surface area contributed by atoms with E-state index in [1.165, 1.54) is 0 Å². The fourth-order valence-corrected chi connectivity index (χ4v) is 3.77. The van der Waals surface area contributed by atoms with Crippen LogP contribution in [-0.4, -0.2) is 39.4 Å². The zero-order valence-electron chi connectivity index (χ0n) is 13.6. The number of H-pyrrole nitrogens is 1. The number of hydrogen-bond acceptors (Lipinski definition) is 5. The summed E-state index contributed by atoms with van der Waals surface area (Å²) in [5, 5.41) is 6.60. The number of methoxy groups -OCH3 is 2. The number of aryl methyl sites for hydroxylation is 2. The molecule has 0 aliphatic carbocycles. The van der Waals surface area contributed by atoms with E-state index in [1.807, 2.05) is 12.1 Å². The Balaban J connectivity index is 2.05. The number of nitrogens with one attached hydrogen (secondary N) is 2. The number of aromatic amines is 1. The topological polar surface area (TPSA) is 93.3 Å². The molecule has 2 aromatic rings. The lowest BCUT2D eigenvalue weighted by Crippen LogP contribution is -2.26. The van der Waals surface area contributed by atoms with Crippen molar-refractivity contribution in [2.75, 3.05) is 20.8 Å². The van der Waals surface area contributed by atoms with Crippen LogP contribution in [0.4, 0.5) is 0 Å². The van der Waals surface area contributed by atoms with Crippen molar-refractivity contribution >= 4 is 10.0 Å². The lowest BCUT2D eigenvalue weighted by Gasteiger charge is -2.10. The first-order chi connectivity index (χ1) is 10.9. The highest BCUT2D eigenvalue weighted by atomic mass is 32.2. The summed E-state index contributed by atoms with van der Waals surface area (Å²) in [6.07, 6.45) is 0.537. The molecule has 0 radical (unpaired) electrons. The second-order valence-corrected chi connectivity index (χ2v) is 6.80. The van der Waals surface area contributed by atoms with Gasteiger partial charge in [-0.25, -0.2) is 13.1 Å². The normalized spacial score (nSPS) is 11.5. The van der Waals surface area contributed by atoms with E-state index in [0.717, 1.165) is 5.56 Å². The van der Waals surface area contributed by atoms with Crippen molar-refractivity contribution in [3.05, 3.63) is 35.2 Å². The number of sulfonamides is 1. The van der Waals surface area contributed by atoms with Crippen LogP contribution in [-0.2, 0) is 16.4 Å². The number of aromatic nitrogens is 2. The summed E-state index contributed by atoms with van der Waals surface area (Å²) in [4.78, 5) is 0.213. The van der Waals surface area contributed by atoms with Gasteiger partial charge in [0.15, 0.2) is 11.5 Å². The molecular formula is C15H21N3O4S. The van der Waals surface area contributed by atoms with Gasteiger partial charge in [0.25, 0.3) is 0 Å². The Kier molecular flexibility index (Phi) is 5.27. The molecule has 0 aliphatic rings. The average Bonchev–Trinajstić information content (AvgIpc) is 2.86. The minimum atomic E-state index is -3.58. The second-order valence-electron chi connectivity index (χ2n) is 5.10. The first-order valence-electron chi connectivity index (χ1n) is 7.11. The minimum absolute atomic E-state index is 0.213. The van der Waals surface area contributed by atoms with Gasteiger partial charge in [-0.2, -0.15) is 5.10 Å². The molecule has 126 valence electrons. The van der Waals surface area contributed by atoms with E-state index >= 15 is 0 Å². The molecule has 0 atom stereocenters. The Labute approximate surface area is 136 Å². The van der Waals surface area contributed by atoms with E-state index in [0.29, 0.717) is 29.3 Å². The molecule has 0 bridgehead atoms. The number of ether oxygens (including phenoxy) is 2. The van der Waals surface area contributed by atoms with Crippen molar-refractivity contribution in [2.45, 2.75) is 25.2 Å². The predicted octanol–water partition coefficient (Wildman–Crippen LogP) is 1.56. The first-order valence-corrected chi connectivity index (χ1v) is 8.59. The molecule has 0 fully saturated rings. The predicted molar refractivity (Wildman–Crippen MR) is 86.5 cm³/mol. The molecule has 0 spiro atoms.